The molecule has 0 bridgehead atoms. The van der Waals surface area contributed by atoms with E-state index in [1.54, 1.807) is 6.07 Å². The van der Waals surface area contributed by atoms with Crippen molar-refractivity contribution in [3.05, 3.63) is 34.8 Å². The Hall–Kier alpha value is -2.16. The highest BCUT2D eigenvalue weighted by Crippen LogP contribution is 2.38. The summed E-state index contributed by atoms with van der Waals surface area (Å²) in [5.74, 6) is 0.244. The fourth-order valence-electron chi connectivity index (χ4n) is 6.31. The number of sulfonamides is 1. The second-order valence-electron chi connectivity index (χ2n) is 11.1. The summed E-state index contributed by atoms with van der Waals surface area (Å²) in [4.78, 5) is 16.0. The van der Waals surface area contributed by atoms with Gasteiger partial charge in [-0.05, 0) is 60.8 Å². The molecule has 1 spiro atoms. The summed E-state index contributed by atoms with van der Waals surface area (Å²) in [7, 11) is -4.09. The SMILES string of the molecule is O=C1NC2(CCOc3cc(C4CCOCC4)ccc3S(=O)(=O)N3C[C@H](O)C[C@@H]13)CCN(Cc1csnn1)CC2. The molecule has 39 heavy (non-hydrogen) atoms. The lowest BCUT2D eigenvalue weighted by atomic mass is 9.84. The number of amides is 1. The number of piperidine rings is 1. The fraction of sp³-hybridized carbons (Fsp3) is 0.654. The third-order valence-corrected chi connectivity index (χ3v) is 11.1. The lowest BCUT2D eigenvalue weighted by Crippen LogP contribution is -2.59. The highest BCUT2D eigenvalue weighted by atomic mass is 32.2. The molecule has 1 aromatic heterocycles. The van der Waals surface area contributed by atoms with Gasteiger partial charge in [0.25, 0.3) is 0 Å². The maximum absolute atomic E-state index is 13.9. The predicted octanol–water partition coefficient (Wildman–Crippen LogP) is 1.49. The van der Waals surface area contributed by atoms with Gasteiger partial charge in [0.15, 0.2) is 0 Å². The molecule has 0 unspecified atom stereocenters. The highest BCUT2D eigenvalue weighted by molar-refractivity contribution is 7.89. The Morgan fingerprint density at radius 2 is 1.95 bits per heavy atom. The molecule has 4 aliphatic rings. The van der Waals surface area contributed by atoms with E-state index < -0.39 is 27.7 Å². The number of hydrogen-bond donors (Lipinski definition) is 2. The minimum absolute atomic E-state index is 0.0489. The smallest absolute Gasteiger partial charge is 0.247 e. The number of aliphatic hydroxyl groups excluding tert-OH is 1. The van der Waals surface area contributed by atoms with Gasteiger partial charge in [-0.3, -0.25) is 9.69 Å². The van der Waals surface area contributed by atoms with E-state index >= 15 is 0 Å². The summed E-state index contributed by atoms with van der Waals surface area (Å²) in [6.07, 6.45) is 2.88. The molecule has 4 aliphatic heterocycles. The van der Waals surface area contributed by atoms with Crippen molar-refractivity contribution < 1.29 is 27.8 Å². The van der Waals surface area contributed by atoms with E-state index in [0.29, 0.717) is 44.8 Å². The quantitative estimate of drug-likeness (QED) is 0.556. The normalized spacial score (nSPS) is 28.2. The second kappa shape index (κ2) is 11.0. The van der Waals surface area contributed by atoms with E-state index in [4.69, 9.17) is 9.47 Å². The van der Waals surface area contributed by atoms with Crippen LogP contribution in [0, 0.1) is 0 Å². The van der Waals surface area contributed by atoms with Crippen LogP contribution in [0.2, 0.25) is 0 Å². The van der Waals surface area contributed by atoms with Crippen molar-refractivity contribution in [3.63, 3.8) is 0 Å². The van der Waals surface area contributed by atoms with E-state index in [2.05, 4.69) is 19.8 Å². The fourth-order valence-corrected chi connectivity index (χ4v) is 8.50. The highest BCUT2D eigenvalue weighted by Gasteiger charge is 2.47. The Balaban J connectivity index is 1.29. The van der Waals surface area contributed by atoms with Crippen LogP contribution in [-0.4, -0.2) is 95.4 Å². The van der Waals surface area contributed by atoms with Crippen LogP contribution in [0.3, 0.4) is 0 Å². The summed E-state index contributed by atoms with van der Waals surface area (Å²) in [6.45, 7) is 3.75. The van der Waals surface area contributed by atoms with Crippen molar-refractivity contribution in [2.24, 2.45) is 0 Å². The molecular formula is C26H35N5O6S2. The molecule has 0 radical (unpaired) electrons. The minimum Gasteiger partial charge on any atom is -0.492 e. The van der Waals surface area contributed by atoms with Crippen LogP contribution in [0.25, 0.3) is 0 Å². The van der Waals surface area contributed by atoms with Crippen molar-refractivity contribution in [2.45, 2.75) is 73.6 Å². The molecule has 2 N–H and O–H groups in total. The van der Waals surface area contributed by atoms with Gasteiger partial charge in [0.1, 0.15) is 16.7 Å². The second-order valence-corrected chi connectivity index (χ2v) is 13.6. The Morgan fingerprint density at radius 3 is 2.69 bits per heavy atom. The lowest BCUT2D eigenvalue weighted by molar-refractivity contribution is -0.127. The van der Waals surface area contributed by atoms with E-state index in [1.165, 1.54) is 11.5 Å². The molecule has 2 aromatic rings. The molecular weight excluding hydrogens is 542 g/mol. The first-order chi connectivity index (χ1) is 18.8. The van der Waals surface area contributed by atoms with Gasteiger partial charge in [-0.1, -0.05) is 10.6 Å². The maximum atomic E-state index is 13.9. The van der Waals surface area contributed by atoms with E-state index in [-0.39, 0.29) is 36.3 Å². The van der Waals surface area contributed by atoms with Crippen molar-refractivity contribution in [2.75, 3.05) is 39.5 Å². The van der Waals surface area contributed by atoms with Crippen LogP contribution in [0.5, 0.6) is 5.75 Å². The first kappa shape index (κ1) is 27.0. The zero-order valence-corrected chi connectivity index (χ0v) is 23.5. The molecule has 0 saturated carbocycles. The number of hydrogen-bond acceptors (Lipinski definition) is 10. The number of nitrogens with zero attached hydrogens (tertiary/aromatic N) is 4. The van der Waals surface area contributed by atoms with Crippen LogP contribution >= 0.6 is 11.5 Å². The van der Waals surface area contributed by atoms with Gasteiger partial charge >= 0.3 is 0 Å². The molecule has 6 rings (SSSR count). The lowest BCUT2D eigenvalue weighted by Gasteiger charge is -2.43. The molecule has 3 fully saturated rings. The molecule has 11 nitrogen and oxygen atoms in total. The Labute approximate surface area is 232 Å². The largest absolute Gasteiger partial charge is 0.492 e. The van der Waals surface area contributed by atoms with Crippen molar-refractivity contribution >= 4 is 27.5 Å². The number of aromatic nitrogens is 2. The standard InChI is InChI=1S/C26H35N5O6S2/c32-21-14-22-25(33)27-26(5-8-30(9-6-26)15-20-17-38-29-28-20)7-12-37-23-13-19(18-3-10-36-11-4-18)1-2-24(23)39(34,35)31(22)16-21/h1-2,13,17-18,21-22,32H,3-12,14-16H2,(H,27,33)/t21-,22+/m1/s1. The Kier molecular flexibility index (Phi) is 7.64. The molecule has 1 amide bonds. The van der Waals surface area contributed by atoms with Crippen molar-refractivity contribution in [1.29, 1.82) is 0 Å². The monoisotopic (exact) mass is 577 g/mol. The van der Waals surface area contributed by atoms with Gasteiger partial charge in [-0.25, -0.2) is 8.42 Å². The average Bonchev–Trinajstić information content (AvgIpc) is 3.60. The van der Waals surface area contributed by atoms with Crippen molar-refractivity contribution in [3.8, 4) is 5.75 Å². The first-order valence-corrected chi connectivity index (χ1v) is 16.0. The zero-order chi connectivity index (χ0) is 27.0. The maximum Gasteiger partial charge on any atom is 0.247 e. The summed E-state index contributed by atoms with van der Waals surface area (Å²) >= 11 is 1.33. The Morgan fingerprint density at radius 1 is 1.15 bits per heavy atom. The molecule has 5 heterocycles. The number of fused-ring (bicyclic) bond motifs is 2. The van der Waals surface area contributed by atoms with Gasteiger partial charge in [-0.2, -0.15) is 4.31 Å². The van der Waals surface area contributed by atoms with Gasteiger partial charge in [0.2, 0.25) is 15.9 Å². The zero-order valence-electron chi connectivity index (χ0n) is 21.8. The van der Waals surface area contributed by atoms with E-state index in [1.807, 2.05) is 17.5 Å². The van der Waals surface area contributed by atoms with E-state index in [9.17, 15) is 18.3 Å². The minimum atomic E-state index is -4.09. The number of aliphatic hydroxyl groups is 1. The summed E-state index contributed by atoms with van der Waals surface area (Å²) in [6, 6.07) is 4.34. The van der Waals surface area contributed by atoms with Crippen LogP contribution in [0.1, 0.15) is 55.7 Å². The van der Waals surface area contributed by atoms with Crippen LogP contribution in [0.15, 0.2) is 28.5 Å². The molecule has 2 atom stereocenters. The first-order valence-electron chi connectivity index (χ1n) is 13.7. The number of benzene rings is 1. The van der Waals surface area contributed by atoms with Gasteiger partial charge in [-0.15, -0.1) is 5.10 Å². The molecule has 13 heteroatoms. The number of carbonyl (C=O) groups excluding carboxylic acids is 1. The van der Waals surface area contributed by atoms with Gasteiger partial charge < -0.3 is 19.9 Å². The van der Waals surface area contributed by atoms with Gasteiger partial charge in [0.05, 0.1) is 18.4 Å². The van der Waals surface area contributed by atoms with E-state index in [0.717, 1.165) is 41.5 Å². The third-order valence-electron chi connectivity index (χ3n) is 8.61. The predicted molar refractivity (Wildman–Crippen MR) is 143 cm³/mol. The third kappa shape index (κ3) is 5.57. The Bertz CT molecular complexity index is 1280. The number of ether oxygens (including phenoxy) is 2. The molecule has 3 saturated heterocycles. The van der Waals surface area contributed by atoms with Crippen LogP contribution in [0.4, 0.5) is 0 Å². The summed E-state index contributed by atoms with van der Waals surface area (Å²) in [5.41, 5.74) is 1.44. The van der Waals surface area contributed by atoms with Crippen LogP contribution < -0.4 is 10.1 Å². The molecule has 0 aliphatic carbocycles. The summed E-state index contributed by atoms with van der Waals surface area (Å²) in [5, 5.41) is 19.8. The number of rotatable bonds is 3. The van der Waals surface area contributed by atoms with Gasteiger partial charge in [0, 0.05) is 63.2 Å². The molecule has 212 valence electrons. The number of likely N-dealkylation sites (tertiary alicyclic amines) is 1. The number of nitrogens with one attached hydrogen (secondary N) is 1. The number of carbonyl (C=O) groups is 1. The average molecular weight is 578 g/mol. The summed E-state index contributed by atoms with van der Waals surface area (Å²) < 4.78 is 44.7. The van der Waals surface area contributed by atoms with Crippen molar-refractivity contribution in [1.82, 2.24) is 24.1 Å². The topological polar surface area (TPSA) is 134 Å². The molecule has 1 aromatic carbocycles. The van der Waals surface area contributed by atoms with Crippen LogP contribution in [-0.2, 0) is 26.1 Å².